The predicted octanol–water partition coefficient (Wildman–Crippen LogP) is 3.88. The Kier molecular flexibility index (Phi) is 4.10. The minimum atomic E-state index is -0.341. The van der Waals surface area contributed by atoms with Gasteiger partial charge in [0.15, 0.2) is 0 Å². The Labute approximate surface area is 161 Å². The molecule has 7 atom stereocenters. The molecule has 27 heavy (non-hydrogen) atoms. The molecular formula is C23H30O4. The zero-order valence-electron chi connectivity index (χ0n) is 16.2. The minimum Gasteiger partial charge on any atom is -0.459 e. The van der Waals surface area contributed by atoms with Crippen molar-refractivity contribution in [2.75, 3.05) is 0 Å². The molecule has 0 saturated heterocycles. The van der Waals surface area contributed by atoms with Crippen LogP contribution < -0.4 is 0 Å². The molecule has 5 aliphatic rings. The average molecular weight is 370 g/mol. The molecule has 0 heterocycles. The summed E-state index contributed by atoms with van der Waals surface area (Å²) in [6.45, 7) is 2.12. The minimum absolute atomic E-state index is 0.0613. The van der Waals surface area contributed by atoms with Gasteiger partial charge in [0, 0.05) is 23.7 Å². The quantitative estimate of drug-likeness (QED) is 0.430. The van der Waals surface area contributed by atoms with E-state index in [0.717, 1.165) is 32.1 Å². The third kappa shape index (κ3) is 2.44. The normalized spacial score (nSPS) is 44.3. The van der Waals surface area contributed by atoms with Gasteiger partial charge in [-0.05, 0) is 50.4 Å². The van der Waals surface area contributed by atoms with Gasteiger partial charge in [0.1, 0.15) is 17.2 Å². The number of esters is 1. The lowest BCUT2D eigenvalue weighted by Gasteiger charge is -2.38. The van der Waals surface area contributed by atoms with Crippen LogP contribution in [0.1, 0.15) is 64.7 Å². The number of carbonyl (C=O) groups is 3. The lowest BCUT2D eigenvalue weighted by atomic mass is 9.69. The van der Waals surface area contributed by atoms with E-state index in [1.807, 2.05) is 12.2 Å². The van der Waals surface area contributed by atoms with Crippen LogP contribution in [0.25, 0.3) is 0 Å². The molecule has 4 saturated carbocycles. The Morgan fingerprint density at radius 2 is 1.63 bits per heavy atom. The molecule has 4 heteroatoms. The number of rotatable bonds is 3. The highest BCUT2D eigenvalue weighted by atomic mass is 16.6. The van der Waals surface area contributed by atoms with E-state index in [0.29, 0.717) is 6.42 Å². The second kappa shape index (κ2) is 6.28. The fourth-order valence-electron chi connectivity index (χ4n) is 7.14. The Balaban J connectivity index is 1.35. The largest absolute Gasteiger partial charge is 0.459 e. The van der Waals surface area contributed by atoms with Crippen molar-refractivity contribution in [2.24, 2.45) is 41.4 Å². The number of ether oxygens (including phenoxy) is 1. The number of allylic oxidation sites excluding steroid dienone is 2. The van der Waals surface area contributed by atoms with E-state index in [2.05, 4.69) is 6.92 Å². The van der Waals surface area contributed by atoms with Gasteiger partial charge in [-0.2, -0.15) is 0 Å². The van der Waals surface area contributed by atoms with E-state index >= 15 is 0 Å². The van der Waals surface area contributed by atoms with Crippen LogP contribution in [0.2, 0.25) is 0 Å². The monoisotopic (exact) mass is 370 g/mol. The van der Waals surface area contributed by atoms with E-state index in [1.165, 1.54) is 19.3 Å². The number of Topliss-reactive ketones (excluding diaryl/α,β-unsaturated/α-hetero) is 2. The van der Waals surface area contributed by atoms with Crippen LogP contribution in [-0.4, -0.2) is 23.1 Å². The highest BCUT2D eigenvalue weighted by Gasteiger charge is 2.69. The topological polar surface area (TPSA) is 60.4 Å². The lowest BCUT2D eigenvalue weighted by molar-refractivity contribution is -0.171. The SMILES string of the molecule is CCC1(OC(=O)C2CC3C(=O)C2C2C4C=CC(C4=O)C32)CCCCCCC1. The number of fused-ring (bicyclic) bond motifs is 9. The number of ketones is 2. The summed E-state index contributed by atoms with van der Waals surface area (Å²) < 4.78 is 6.21. The predicted molar refractivity (Wildman–Crippen MR) is 99.6 cm³/mol. The number of hydrogen-bond donors (Lipinski definition) is 0. The molecule has 4 bridgehead atoms. The van der Waals surface area contributed by atoms with E-state index in [-0.39, 0.29) is 64.6 Å². The van der Waals surface area contributed by atoms with Gasteiger partial charge in [0.2, 0.25) is 0 Å². The van der Waals surface area contributed by atoms with E-state index in [9.17, 15) is 14.4 Å². The van der Waals surface area contributed by atoms with Gasteiger partial charge in [0.05, 0.1) is 5.92 Å². The third-order valence-corrected chi connectivity index (χ3v) is 8.50. The molecule has 0 aromatic heterocycles. The highest BCUT2D eigenvalue weighted by Crippen LogP contribution is 2.64. The van der Waals surface area contributed by atoms with Crippen LogP contribution >= 0.6 is 0 Å². The van der Waals surface area contributed by atoms with Crippen molar-refractivity contribution in [1.29, 1.82) is 0 Å². The van der Waals surface area contributed by atoms with Gasteiger partial charge in [-0.25, -0.2) is 0 Å². The van der Waals surface area contributed by atoms with E-state index < -0.39 is 0 Å². The maximum absolute atomic E-state index is 13.2. The first-order chi connectivity index (χ1) is 13.1. The summed E-state index contributed by atoms with van der Waals surface area (Å²) >= 11 is 0. The van der Waals surface area contributed by atoms with Crippen molar-refractivity contribution < 1.29 is 19.1 Å². The summed E-state index contributed by atoms with van der Waals surface area (Å²) in [6.07, 6.45) is 13.3. The standard InChI is InChI=1S/C23H30O4/c1-2-23(10-6-4-3-5-7-11-23)27-22(26)16-12-15-17-13-8-9-14(20(13)24)18(17)19(16)21(15)25/h8-9,13-19H,2-7,10-12H2,1H3. The van der Waals surface area contributed by atoms with E-state index in [1.54, 1.807) is 0 Å². The van der Waals surface area contributed by atoms with Crippen molar-refractivity contribution in [3.05, 3.63) is 12.2 Å². The van der Waals surface area contributed by atoms with Crippen LogP contribution in [0.4, 0.5) is 0 Å². The summed E-state index contributed by atoms with van der Waals surface area (Å²) in [4.78, 5) is 38.6. The van der Waals surface area contributed by atoms with Crippen molar-refractivity contribution in [3.8, 4) is 0 Å². The van der Waals surface area contributed by atoms with Crippen LogP contribution in [0.3, 0.4) is 0 Å². The van der Waals surface area contributed by atoms with Gasteiger partial charge >= 0.3 is 5.97 Å². The Hall–Kier alpha value is -1.45. The van der Waals surface area contributed by atoms with Crippen molar-refractivity contribution in [2.45, 2.75) is 70.3 Å². The average Bonchev–Trinajstić information content (AvgIpc) is 3.34. The fourth-order valence-corrected chi connectivity index (χ4v) is 7.14. The first kappa shape index (κ1) is 17.6. The molecule has 5 aliphatic carbocycles. The lowest BCUT2D eigenvalue weighted by Crippen LogP contribution is -2.41. The number of hydrogen-bond acceptors (Lipinski definition) is 4. The Bertz CT molecular complexity index is 699. The molecular weight excluding hydrogens is 340 g/mol. The van der Waals surface area contributed by atoms with Crippen molar-refractivity contribution in [3.63, 3.8) is 0 Å². The van der Waals surface area contributed by atoms with Crippen molar-refractivity contribution in [1.82, 2.24) is 0 Å². The maximum Gasteiger partial charge on any atom is 0.310 e. The summed E-state index contributed by atoms with van der Waals surface area (Å²) in [5.41, 5.74) is -0.341. The number of carbonyl (C=O) groups excluding carboxylic acids is 3. The van der Waals surface area contributed by atoms with Crippen LogP contribution in [0, 0.1) is 41.4 Å². The second-order valence-electron chi connectivity index (χ2n) is 9.60. The first-order valence-electron chi connectivity index (χ1n) is 11.0. The fraction of sp³-hybridized carbons (Fsp3) is 0.783. The molecule has 7 unspecified atom stereocenters. The van der Waals surface area contributed by atoms with Crippen LogP contribution in [0.15, 0.2) is 12.2 Å². The Morgan fingerprint density at radius 1 is 1.00 bits per heavy atom. The smallest absolute Gasteiger partial charge is 0.310 e. The van der Waals surface area contributed by atoms with E-state index in [4.69, 9.17) is 4.74 Å². The molecule has 0 spiro atoms. The molecule has 4 nitrogen and oxygen atoms in total. The second-order valence-corrected chi connectivity index (χ2v) is 9.60. The summed E-state index contributed by atoms with van der Waals surface area (Å²) in [5, 5.41) is 0. The summed E-state index contributed by atoms with van der Waals surface area (Å²) in [7, 11) is 0. The molecule has 5 rings (SSSR count). The molecule has 4 fully saturated rings. The molecule has 0 aromatic carbocycles. The van der Waals surface area contributed by atoms with Crippen molar-refractivity contribution >= 4 is 17.5 Å². The first-order valence-corrected chi connectivity index (χ1v) is 11.0. The maximum atomic E-state index is 13.2. The van der Waals surface area contributed by atoms with Gasteiger partial charge in [-0.15, -0.1) is 0 Å². The molecule has 146 valence electrons. The molecule has 0 aliphatic heterocycles. The zero-order valence-corrected chi connectivity index (χ0v) is 16.2. The van der Waals surface area contributed by atoms with Gasteiger partial charge in [0.25, 0.3) is 0 Å². The van der Waals surface area contributed by atoms with Crippen LogP contribution in [-0.2, 0) is 19.1 Å². The van der Waals surface area contributed by atoms with Gasteiger partial charge < -0.3 is 4.74 Å². The molecule has 0 amide bonds. The highest BCUT2D eigenvalue weighted by molar-refractivity contribution is 6.01. The molecule has 0 N–H and O–H groups in total. The molecule has 0 radical (unpaired) electrons. The molecule has 0 aromatic rings. The summed E-state index contributed by atoms with van der Waals surface area (Å²) in [6, 6.07) is 0. The van der Waals surface area contributed by atoms with Crippen LogP contribution in [0.5, 0.6) is 0 Å². The van der Waals surface area contributed by atoms with Gasteiger partial charge in [-0.1, -0.05) is 38.3 Å². The zero-order chi connectivity index (χ0) is 18.8. The summed E-state index contributed by atoms with van der Waals surface area (Å²) in [5.74, 6) is -0.307. The third-order valence-electron chi connectivity index (χ3n) is 8.50. The van der Waals surface area contributed by atoms with Gasteiger partial charge in [-0.3, -0.25) is 14.4 Å². The Morgan fingerprint density at radius 3 is 2.30 bits per heavy atom.